The highest BCUT2D eigenvalue weighted by Crippen LogP contribution is 2.11. The summed E-state index contributed by atoms with van der Waals surface area (Å²) in [4.78, 5) is 2.37. The summed E-state index contributed by atoms with van der Waals surface area (Å²) in [5.74, 6) is 0.149. The summed E-state index contributed by atoms with van der Waals surface area (Å²) in [6.07, 6.45) is 3.77. The first-order chi connectivity index (χ1) is 8.05. The summed E-state index contributed by atoms with van der Waals surface area (Å²) in [7, 11) is -1.36. The van der Waals surface area contributed by atoms with Crippen LogP contribution in [-0.4, -0.2) is 58.3 Å². The van der Waals surface area contributed by atoms with Gasteiger partial charge in [-0.1, -0.05) is 6.42 Å². The second-order valence-corrected chi connectivity index (χ2v) is 6.64. The maximum absolute atomic E-state index is 11.6. The molecule has 1 rings (SSSR count). The van der Waals surface area contributed by atoms with Crippen LogP contribution in [0.25, 0.3) is 0 Å². The van der Waals surface area contributed by atoms with Crippen LogP contribution in [0.4, 0.5) is 0 Å². The molecule has 0 aromatic rings. The molecule has 1 heterocycles. The molecular formula is C11H25N3O2S. The van der Waals surface area contributed by atoms with Crippen molar-refractivity contribution in [2.75, 3.05) is 39.0 Å². The number of rotatable bonds is 7. The van der Waals surface area contributed by atoms with Gasteiger partial charge in [0.25, 0.3) is 0 Å². The normalized spacial score (nSPS) is 20.4. The molecule has 102 valence electrons. The molecule has 0 aromatic heterocycles. The molecule has 0 aromatic carbocycles. The van der Waals surface area contributed by atoms with Gasteiger partial charge in [0.2, 0.25) is 10.0 Å². The lowest BCUT2D eigenvalue weighted by Crippen LogP contribution is -2.45. The van der Waals surface area contributed by atoms with Crippen molar-refractivity contribution in [3.63, 3.8) is 0 Å². The van der Waals surface area contributed by atoms with Crippen LogP contribution in [0, 0.1) is 0 Å². The fourth-order valence-corrected chi connectivity index (χ4v) is 3.16. The highest BCUT2D eigenvalue weighted by molar-refractivity contribution is 7.89. The van der Waals surface area contributed by atoms with Crippen molar-refractivity contribution >= 4 is 10.0 Å². The van der Waals surface area contributed by atoms with Crippen LogP contribution in [0.15, 0.2) is 0 Å². The third-order valence-corrected chi connectivity index (χ3v) is 4.58. The van der Waals surface area contributed by atoms with Crippen molar-refractivity contribution in [2.24, 2.45) is 0 Å². The minimum Gasteiger partial charge on any atom is -0.319 e. The minimum absolute atomic E-state index is 0.149. The average molecular weight is 263 g/mol. The number of nitrogens with one attached hydrogen (secondary N) is 2. The second-order valence-electron chi connectivity index (χ2n) is 4.72. The largest absolute Gasteiger partial charge is 0.319 e. The molecule has 0 aliphatic carbocycles. The van der Waals surface area contributed by atoms with Gasteiger partial charge in [0.1, 0.15) is 0 Å². The van der Waals surface area contributed by atoms with Gasteiger partial charge in [0.05, 0.1) is 5.75 Å². The van der Waals surface area contributed by atoms with Crippen molar-refractivity contribution in [1.82, 2.24) is 14.9 Å². The van der Waals surface area contributed by atoms with Gasteiger partial charge in [-0.05, 0) is 39.9 Å². The predicted octanol–water partition coefficient (Wildman–Crippen LogP) is -0.000400. The van der Waals surface area contributed by atoms with Crippen molar-refractivity contribution in [3.05, 3.63) is 0 Å². The Labute approximate surface area is 105 Å². The molecule has 5 nitrogen and oxygen atoms in total. The smallest absolute Gasteiger partial charge is 0.212 e. The van der Waals surface area contributed by atoms with E-state index in [1.807, 2.05) is 0 Å². The lowest BCUT2D eigenvalue weighted by atomic mass is 10.1. The van der Waals surface area contributed by atoms with E-state index < -0.39 is 10.0 Å². The first-order valence-corrected chi connectivity index (χ1v) is 8.06. The Bertz CT molecular complexity index is 300. The Kier molecular flexibility index (Phi) is 6.40. The van der Waals surface area contributed by atoms with Crippen molar-refractivity contribution in [2.45, 2.75) is 32.2 Å². The zero-order valence-corrected chi connectivity index (χ0v) is 11.7. The number of hydrogen-bond donors (Lipinski definition) is 2. The molecule has 0 radical (unpaired) electrons. The standard InChI is InChI=1S/C11H25N3O2S/c1-11(14-7-4-3-5-8-14)10-13-17(15,16)9-6-12-2/h11-13H,3-10H2,1-2H3. The van der Waals surface area contributed by atoms with Crippen LogP contribution < -0.4 is 10.0 Å². The molecule has 0 spiro atoms. The maximum atomic E-state index is 11.6. The van der Waals surface area contributed by atoms with Crippen LogP contribution in [0.3, 0.4) is 0 Å². The Morgan fingerprint density at radius 1 is 1.24 bits per heavy atom. The van der Waals surface area contributed by atoms with Gasteiger partial charge in [-0.3, -0.25) is 4.90 Å². The second kappa shape index (κ2) is 7.31. The molecule has 6 heteroatoms. The summed E-state index contributed by atoms with van der Waals surface area (Å²) in [5.41, 5.74) is 0. The molecule has 1 unspecified atom stereocenters. The highest BCUT2D eigenvalue weighted by atomic mass is 32.2. The molecule has 17 heavy (non-hydrogen) atoms. The molecule has 1 fully saturated rings. The number of sulfonamides is 1. The topological polar surface area (TPSA) is 61.4 Å². The van der Waals surface area contributed by atoms with Crippen molar-refractivity contribution in [3.8, 4) is 0 Å². The Balaban J connectivity index is 2.28. The van der Waals surface area contributed by atoms with Gasteiger partial charge >= 0.3 is 0 Å². The van der Waals surface area contributed by atoms with Gasteiger partial charge in [-0.15, -0.1) is 0 Å². The summed E-state index contributed by atoms with van der Waals surface area (Å²) in [6.45, 7) is 5.30. The number of piperidine rings is 1. The number of likely N-dealkylation sites (tertiary alicyclic amines) is 1. The zero-order valence-electron chi connectivity index (χ0n) is 10.9. The van der Waals surface area contributed by atoms with E-state index in [0.717, 1.165) is 13.1 Å². The molecule has 0 bridgehead atoms. The minimum atomic E-state index is -3.12. The van der Waals surface area contributed by atoms with E-state index in [1.54, 1.807) is 7.05 Å². The summed E-state index contributed by atoms with van der Waals surface area (Å²) in [5, 5.41) is 2.85. The van der Waals surface area contributed by atoms with Gasteiger partial charge in [-0.2, -0.15) is 0 Å². The number of hydrogen-bond acceptors (Lipinski definition) is 4. The van der Waals surface area contributed by atoms with E-state index in [2.05, 4.69) is 21.9 Å². The van der Waals surface area contributed by atoms with Crippen LogP contribution in [0.1, 0.15) is 26.2 Å². The molecule has 1 saturated heterocycles. The SMILES string of the molecule is CNCCS(=O)(=O)NCC(C)N1CCCCC1. The summed E-state index contributed by atoms with van der Waals surface area (Å²) in [6, 6.07) is 0.291. The summed E-state index contributed by atoms with van der Waals surface area (Å²) >= 11 is 0. The average Bonchev–Trinajstić information content (AvgIpc) is 2.35. The van der Waals surface area contributed by atoms with Crippen LogP contribution >= 0.6 is 0 Å². The third-order valence-electron chi connectivity index (χ3n) is 3.23. The van der Waals surface area contributed by atoms with E-state index in [9.17, 15) is 8.42 Å². The van der Waals surface area contributed by atoms with Crippen LogP contribution in [0.2, 0.25) is 0 Å². The molecular weight excluding hydrogens is 238 g/mol. The third kappa shape index (κ3) is 5.81. The first-order valence-electron chi connectivity index (χ1n) is 6.41. The quantitative estimate of drug-likeness (QED) is 0.679. The van der Waals surface area contributed by atoms with Crippen molar-refractivity contribution in [1.29, 1.82) is 0 Å². The zero-order chi connectivity index (χ0) is 12.7. The lowest BCUT2D eigenvalue weighted by Gasteiger charge is -2.32. The van der Waals surface area contributed by atoms with E-state index in [1.165, 1.54) is 19.3 Å². The van der Waals surface area contributed by atoms with E-state index in [-0.39, 0.29) is 5.75 Å². The monoisotopic (exact) mass is 263 g/mol. The van der Waals surface area contributed by atoms with E-state index in [0.29, 0.717) is 19.1 Å². The van der Waals surface area contributed by atoms with Gasteiger partial charge < -0.3 is 5.32 Å². The van der Waals surface area contributed by atoms with E-state index >= 15 is 0 Å². The number of nitrogens with zero attached hydrogens (tertiary/aromatic N) is 1. The fourth-order valence-electron chi connectivity index (χ4n) is 2.04. The Morgan fingerprint density at radius 2 is 1.88 bits per heavy atom. The van der Waals surface area contributed by atoms with Crippen LogP contribution in [-0.2, 0) is 10.0 Å². The molecule has 1 atom stereocenters. The molecule has 2 N–H and O–H groups in total. The van der Waals surface area contributed by atoms with Crippen LogP contribution in [0.5, 0.6) is 0 Å². The first kappa shape index (κ1) is 14.9. The van der Waals surface area contributed by atoms with E-state index in [4.69, 9.17) is 0 Å². The lowest BCUT2D eigenvalue weighted by molar-refractivity contribution is 0.175. The van der Waals surface area contributed by atoms with Gasteiger partial charge in [0, 0.05) is 19.1 Å². The molecule has 1 aliphatic heterocycles. The summed E-state index contributed by atoms with van der Waals surface area (Å²) < 4.78 is 25.9. The Hall–Kier alpha value is -0.170. The highest BCUT2D eigenvalue weighted by Gasteiger charge is 2.18. The molecule has 1 aliphatic rings. The van der Waals surface area contributed by atoms with Gasteiger partial charge in [0.15, 0.2) is 0 Å². The molecule has 0 saturated carbocycles. The fraction of sp³-hybridized carbons (Fsp3) is 1.00. The van der Waals surface area contributed by atoms with Gasteiger partial charge in [-0.25, -0.2) is 13.1 Å². The molecule has 0 amide bonds. The predicted molar refractivity (Wildman–Crippen MR) is 70.6 cm³/mol. The maximum Gasteiger partial charge on any atom is 0.212 e. The Morgan fingerprint density at radius 3 is 2.47 bits per heavy atom. The van der Waals surface area contributed by atoms with Crippen molar-refractivity contribution < 1.29 is 8.42 Å².